The lowest BCUT2D eigenvalue weighted by Gasteiger charge is -2.38. The molecule has 2 fully saturated rings. The van der Waals surface area contributed by atoms with Crippen LogP contribution in [0.1, 0.15) is 102 Å². The highest BCUT2D eigenvalue weighted by molar-refractivity contribution is 5.33. The first-order valence-corrected chi connectivity index (χ1v) is 11.9. The lowest BCUT2D eigenvalue weighted by atomic mass is 9.68. The Hall–Kier alpha value is -1.38. The van der Waals surface area contributed by atoms with Crippen LogP contribution in [0.2, 0.25) is 0 Å². The van der Waals surface area contributed by atoms with E-state index in [1.807, 2.05) is 0 Å². The smallest absolute Gasteiger partial charge is 0.201 e. The average molecular weight is 405 g/mol. The van der Waals surface area contributed by atoms with E-state index in [0.29, 0.717) is 5.56 Å². The fraction of sp³-hybridized carbons (Fsp3) is 0.692. The maximum atomic E-state index is 14.6. The standard InChI is InChI=1S/C26H38F2O/c1-3-5-6-7-19-8-10-20(11-9-19)21-12-14-22(15-13-21)23-16-17-24(29-18-4-2)26(28)25(23)27/h4,16-22H,3,5-15H2,1-2H3. The monoisotopic (exact) mass is 404 g/mol. The highest BCUT2D eigenvalue weighted by atomic mass is 19.2. The molecule has 162 valence electrons. The van der Waals surface area contributed by atoms with Gasteiger partial charge in [-0.25, -0.2) is 4.39 Å². The molecule has 0 heterocycles. The van der Waals surface area contributed by atoms with Gasteiger partial charge in [0.15, 0.2) is 11.6 Å². The molecule has 3 rings (SSSR count). The summed E-state index contributed by atoms with van der Waals surface area (Å²) in [6.45, 7) is 4.06. The minimum atomic E-state index is -0.857. The summed E-state index contributed by atoms with van der Waals surface area (Å²) in [4.78, 5) is 0. The van der Waals surface area contributed by atoms with E-state index >= 15 is 0 Å². The maximum absolute atomic E-state index is 14.6. The second-order valence-electron chi connectivity index (χ2n) is 9.26. The molecule has 0 saturated heterocycles. The molecule has 1 aromatic rings. The van der Waals surface area contributed by atoms with Crippen LogP contribution in [0.4, 0.5) is 8.78 Å². The summed E-state index contributed by atoms with van der Waals surface area (Å²) in [7, 11) is 0. The summed E-state index contributed by atoms with van der Waals surface area (Å²) in [6, 6.07) is 3.30. The van der Waals surface area contributed by atoms with E-state index in [0.717, 1.165) is 43.4 Å². The van der Waals surface area contributed by atoms with Crippen molar-refractivity contribution in [1.29, 1.82) is 0 Å². The molecule has 1 aromatic carbocycles. The van der Waals surface area contributed by atoms with Crippen LogP contribution in [0.15, 0.2) is 24.5 Å². The molecular weight excluding hydrogens is 366 g/mol. The summed E-state index contributed by atoms with van der Waals surface area (Å²) in [5, 5.41) is 0. The Kier molecular flexibility index (Phi) is 8.56. The van der Waals surface area contributed by atoms with E-state index in [1.54, 1.807) is 25.1 Å². The zero-order chi connectivity index (χ0) is 20.6. The Bertz CT molecular complexity index is 653. The van der Waals surface area contributed by atoms with Gasteiger partial charge in [0, 0.05) is 0 Å². The highest BCUT2D eigenvalue weighted by Crippen LogP contribution is 2.45. The Morgan fingerprint density at radius 1 is 0.897 bits per heavy atom. The first-order chi connectivity index (χ1) is 14.1. The Labute approximate surface area is 175 Å². The number of ether oxygens (including phenoxy) is 1. The normalized spacial score (nSPS) is 28.0. The van der Waals surface area contributed by atoms with Gasteiger partial charge in [0.05, 0.1) is 6.26 Å². The summed E-state index contributed by atoms with van der Waals surface area (Å²) >= 11 is 0. The van der Waals surface area contributed by atoms with Gasteiger partial charge in [0.25, 0.3) is 0 Å². The van der Waals surface area contributed by atoms with Crippen molar-refractivity contribution in [3.8, 4) is 5.75 Å². The van der Waals surface area contributed by atoms with Gasteiger partial charge >= 0.3 is 0 Å². The number of rotatable bonds is 8. The van der Waals surface area contributed by atoms with Crippen molar-refractivity contribution in [2.75, 3.05) is 0 Å². The minimum absolute atomic E-state index is 0.0336. The van der Waals surface area contributed by atoms with Crippen molar-refractivity contribution in [2.45, 2.75) is 96.8 Å². The van der Waals surface area contributed by atoms with Gasteiger partial charge in [-0.2, -0.15) is 4.39 Å². The van der Waals surface area contributed by atoms with E-state index in [1.165, 1.54) is 57.6 Å². The summed E-state index contributed by atoms with van der Waals surface area (Å²) in [6.07, 6.45) is 18.4. The molecule has 29 heavy (non-hydrogen) atoms. The van der Waals surface area contributed by atoms with Crippen molar-refractivity contribution < 1.29 is 13.5 Å². The molecule has 1 nitrogen and oxygen atoms in total. The van der Waals surface area contributed by atoms with E-state index in [4.69, 9.17) is 4.74 Å². The number of unbranched alkanes of at least 4 members (excludes halogenated alkanes) is 2. The second-order valence-corrected chi connectivity index (χ2v) is 9.26. The van der Waals surface area contributed by atoms with Crippen LogP contribution in [0, 0.1) is 29.4 Å². The Morgan fingerprint density at radius 2 is 1.55 bits per heavy atom. The highest BCUT2D eigenvalue weighted by Gasteiger charge is 2.32. The molecule has 0 N–H and O–H groups in total. The van der Waals surface area contributed by atoms with Gasteiger partial charge < -0.3 is 4.74 Å². The third kappa shape index (κ3) is 5.83. The van der Waals surface area contributed by atoms with Crippen LogP contribution in [0.5, 0.6) is 5.75 Å². The largest absolute Gasteiger partial charge is 0.462 e. The zero-order valence-electron chi connectivity index (χ0n) is 18.3. The fourth-order valence-corrected chi connectivity index (χ4v) is 5.63. The molecule has 0 unspecified atom stereocenters. The molecule has 0 atom stereocenters. The fourth-order valence-electron chi connectivity index (χ4n) is 5.63. The molecule has 2 aliphatic rings. The zero-order valence-corrected chi connectivity index (χ0v) is 18.3. The topological polar surface area (TPSA) is 9.23 Å². The van der Waals surface area contributed by atoms with Crippen LogP contribution in [0.25, 0.3) is 0 Å². The third-order valence-electron chi connectivity index (χ3n) is 7.39. The first-order valence-electron chi connectivity index (χ1n) is 11.9. The number of hydrogen-bond acceptors (Lipinski definition) is 1. The quantitative estimate of drug-likeness (QED) is 0.311. The molecule has 2 saturated carbocycles. The number of allylic oxidation sites excluding steroid dienone is 1. The van der Waals surface area contributed by atoms with Crippen LogP contribution < -0.4 is 4.74 Å². The lowest BCUT2D eigenvalue weighted by molar-refractivity contribution is 0.155. The lowest BCUT2D eigenvalue weighted by Crippen LogP contribution is -2.25. The van der Waals surface area contributed by atoms with Crippen LogP contribution >= 0.6 is 0 Å². The molecule has 0 aliphatic heterocycles. The molecule has 2 aliphatic carbocycles. The summed E-state index contributed by atoms with van der Waals surface area (Å²) in [5.41, 5.74) is 0.536. The molecule has 0 radical (unpaired) electrons. The van der Waals surface area contributed by atoms with Crippen molar-refractivity contribution in [2.24, 2.45) is 17.8 Å². The Morgan fingerprint density at radius 3 is 2.17 bits per heavy atom. The van der Waals surface area contributed by atoms with Crippen molar-refractivity contribution in [3.63, 3.8) is 0 Å². The summed E-state index contributed by atoms with van der Waals surface area (Å²) in [5.74, 6) is 1.13. The van der Waals surface area contributed by atoms with E-state index < -0.39 is 11.6 Å². The average Bonchev–Trinajstić information content (AvgIpc) is 2.76. The minimum Gasteiger partial charge on any atom is -0.462 e. The van der Waals surface area contributed by atoms with Crippen LogP contribution in [0.3, 0.4) is 0 Å². The predicted octanol–water partition coefficient (Wildman–Crippen LogP) is 8.54. The SMILES string of the molecule is CC=COc1ccc(C2CCC(C3CCC(CCCCC)CC3)CC2)c(F)c1F. The Balaban J connectivity index is 1.49. The van der Waals surface area contributed by atoms with E-state index in [-0.39, 0.29) is 11.7 Å². The van der Waals surface area contributed by atoms with Crippen molar-refractivity contribution in [3.05, 3.63) is 41.7 Å². The molecule has 3 heteroatoms. The molecule has 0 bridgehead atoms. The van der Waals surface area contributed by atoms with Crippen molar-refractivity contribution >= 4 is 0 Å². The van der Waals surface area contributed by atoms with E-state index in [9.17, 15) is 8.78 Å². The van der Waals surface area contributed by atoms with Crippen LogP contribution in [-0.2, 0) is 0 Å². The van der Waals surface area contributed by atoms with Gasteiger partial charge in [-0.1, -0.05) is 57.6 Å². The molecule has 0 amide bonds. The van der Waals surface area contributed by atoms with Gasteiger partial charge in [-0.3, -0.25) is 0 Å². The second kappa shape index (κ2) is 11.1. The van der Waals surface area contributed by atoms with Crippen LogP contribution in [-0.4, -0.2) is 0 Å². The van der Waals surface area contributed by atoms with Gasteiger partial charge in [-0.05, 0) is 80.8 Å². The molecule has 0 aromatic heterocycles. The van der Waals surface area contributed by atoms with E-state index in [2.05, 4.69) is 6.92 Å². The number of benzene rings is 1. The summed E-state index contributed by atoms with van der Waals surface area (Å²) < 4.78 is 34.1. The first kappa shape index (κ1) is 22.3. The maximum Gasteiger partial charge on any atom is 0.201 e. The van der Waals surface area contributed by atoms with Gasteiger partial charge in [0.1, 0.15) is 0 Å². The third-order valence-corrected chi connectivity index (χ3v) is 7.39. The van der Waals surface area contributed by atoms with Crippen molar-refractivity contribution in [1.82, 2.24) is 0 Å². The number of hydrogen-bond donors (Lipinski definition) is 0. The van der Waals surface area contributed by atoms with Gasteiger partial charge in [0.2, 0.25) is 5.82 Å². The van der Waals surface area contributed by atoms with Gasteiger partial charge in [-0.15, -0.1) is 0 Å². The molecule has 0 spiro atoms. The predicted molar refractivity (Wildman–Crippen MR) is 116 cm³/mol. The molecular formula is C26H38F2O. The number of halogens is 2.